The molecule has 0 bridgehead atoms. The molecule has 24 heavy (non-hydrogen) atoms. The Kier molecular flexibility index (Phi) is 6.01. The number of hydrogen-bond acceptors (Lipinski definition) is 3. The Labute approximate surface area is 143 Å². The highest BCUT2D eigenvalue weighted by molar-refractivity contribution is 5.75. The maximum absolute atomic E-state index is 12.1. The third-order valence-corrected chi connectivity index (χ3v) is 4.52. The van der Waals surface area contributed by atoms with Crippen molar-refractivity contribution in [2.75, 3.05) is 19.6 Å². The van der Waals surface area contributed by atoms with Crippen molar-refractivity contribution in [3.8, 4) is 0 Å². The van der Waals surface area contributed by atoms with Gasteiger partial charge in [0.2, 0.25) is 5.91 Å². The minimum atomic E-state index is 0.0508. The van der Waals surface area contributed by atoms with Crippen LogP contribution in [0.4, 0.5) is 0 Å². The van der Waals surface area contributed by atoms with E-state index in [4.69, 9.17) is 0 Å². The standard InChI is InChI=1S/C19H26N4O/c24-19(16-23-14-6-11-20-23)21-18-10-5-13-22(15-18)12-4-9-17-7-2-1-3-8-17/h1-3,6-8,11,14,18H,4-5,9-10,12-13,15-16H2,(H,21,24). The molecular formula is C19H26N4O. The van der Waals surface area contributed by atoms with Gasteiger partial charge in [-0.25, -0.2) is 0 Å². The van der Waals surface area contributed by atoms with Gasteiger partial charge in [-0.3, -0.25) is 9.48 Å². The van der Waals surface area contributed by atoms with E-state index in [1.165, 1.54) is 5.56 Å². The molecule has 1 unspecified atom stereocenters. The van der Waals surface area contributed by atoms with Crippen LogP contribution in [0.3, 0.4) is 0 Å². The number of piperidine rings is 1. The molecule has 3 rings (SSSR count). The summed E-state index contributed by atoms with van der Waals surface area (Å²) in [4.78, 5) is 14.6. The molecule has 1 atom stereocenters. The zero-order valence-corrected chi connectivity index (χ0v) is 14.1. The second-order valence-corrected chi connectivity index (χ2v) is 6.50. The first-order valence-electron chi connectivity index (χ1n) is 8.83. The van der Waals surface area contributed by atoms with E-state index in [9.17, 15) is 4.79 Å². The lowest BCUT2D eigenvalue weighted by molar-refractivity contribution is -0.122. The molecule has 0 spiro atoms. The van der Waals surface area contributed by atoms with E-state index in [0.717, 1.165) is 45.3 Å². The zero-order chi connectivity index (χ0) is 16.6. The highest BCUT2D eigenvalue weighted by Crippen LogP contribution is 2.12. The Hall–Kier alpha value is -2.14. The second kappa shape index (κ2) is 8.64. The SMILES string of the molecule is O=C(Cn1cccn1)NC1CCCN(CCCc2ccccc2)C1. The van der Waals surface area contributed by atoms with Crippen molar-refractivity contribution < 1.29 is 4.79 Å². The Balaban J connectivity index is 1.38. The number of nitrogens with one attached hydrogen (secondary N) is 1. The molecular weight excluding hydrogens is 300 g/mol. The smallest absolute Gasteiger partial charge is 0.241 e. The van der Waals surface area contributed by atoms with E-state index < -0.39 is 0 Å². The van der Waals surface area contributed by atoms with Gasteiger partial charge < -0.3 is 10.2 Å². The minimum absolute atomic E-state index is 0.0508. The van der Waals surface area contributed by atoms with Crippen molar-refractivity contribution in [2.24, 2.45) is 0 Å². The number of likely N-dealkylation sites (tertiary alicyclic amines) is 1. The van der Waals surface area contributed by atoms with E-state index in [-0.39, 0.29) is 11.9 Å². The van der Waals surface area contributed by atoms with Gasteiger partial charge in [0.15, 0.2) is 0 Å². The maximum Gasteiger partial charge on any atom is 0.241 e. The van der Waals surface area contributed by atoms with Gasteiger partial charge in [-0.1, -0.05) is 30.3 Å². The predicted octanol–water partition coefficient (Wildman–Crippen LogP) is 2.10. The number of carbonyl (C=O) groups is 1. The number of benzene rings is 1. The zero-order valence-electron chi connectivity index (χ0n) is 14.1. The van der Waals surface area contributed by atoms with E-state index >= 15 is 0 Å². The summed E-state index contributed by atoms with van der Waals surface area (Å²) in [7, 11) is 0. The molecule has 1 saturated heterocycles. The predicted molar refractivity (Wildman–Crippen MR) is 94.6 cm³/mol. The largest absolute Gasteiger partial charge is 0.350 e. The third-order valence-electron chi connectivity index (χ3n) is 4.52. The van der Waals surface area contributed by atoms with Crippen LogP contribution in [0.2, 0.25) is 0 Å². The van der Waals surface area contributed by atoms with Crippen LogP contribution in [0, 0.1) is 0 Å². The summed E-state index contributed by atoms with van der Waals surface area (Å²) in [5.41, 5.74) is 1.40. The number of carbonyl (C=O) groups excluding carboxylic acids is 1. The van der Waals surface area contributed by atoms with Crippen molar-refractivity contribution in [3.63, 3.8) is 0 Å². The van der Waals surface area contributed by atoms with Crippen LogP contribution in [-0.4, -0.2) is 46.3 Å². The van der Waals surface area contributed by atoms with E-state index in [0.29, 0.717) is 6.54 Å². The van der Waals surface area contributed by atoms with Gasteiger partial charge in [-0.05, 0) is 50.4 Å². The molecule has 5 nitrogen and oxygen atoms in total. The molecule has 1 aliphatic heterocycles. The van der Waals surface area contributed by atoms with Crippen LogP contribution in [0.25, 0.3) is 0 Å². The fourth-order valence-electron chi connectivity index (χ4n) is 3.34. The monoisotopic (exact) mass is 326 g/mol. The third kappa shape index (κ3) is 5.20. The summed E-state index contributed by atoms with van der Waals surface area (Å²) in [6.07, 6.45) is 8.02. The van der Waals surface area contributed by atoms with Crippen molar-refractivity contribution in [1.29, 1.82) is 0 Å². The molecule has 1 aliphatic rings. The number of rotatable bonds is 7. The summed E-state index contributed by atoms with van der Waals surface area (Å²) >= 11 is 0. The molecule has 5 heteroatoms. The average molecular weight is 326 g/mol. The molecule has 2 aromatic rings. The molecule has 0 saturated carbocycles. The van der Waals surface area contributed by atoms with Gasteiger partial charge in [0, 0.05) is 25.0 Å². The molecule has 2 heterocycles. The number of amides is 1. The normalized spacial score (nSPS) is 18.4. The van der Waals surface area contributed by atoms with Gasteiger partial charge in [0.25, 0.3) is 0 Å². The van der Waals surface area contributed by atoms with Crippen molar-refractivity contribution in [2.45, 2.75) is 38.3 Å². The van der Waals surface area contributed by atoms with Crippen LogP contribution in [0.1, 0.15) is 24.8 Å². The number of aromatic nitrogens is 2. The van der Waals surface area contributed by atoms with Gasteiger partial charge in [0.1, 0.15) is 6.54 Å². The molecule has 0 radical (unpaired) electrons. The summed E-state index contributed by atoms with van der Waals surface area (Å²) in [5, 5.41) is 7.23. The molecule has 1 fully saturated rings. The van der Waals surface area contributed by atoms with E-state index in [2.05, 4.69) is 45.6 Å². The summed E-state index contributed by atoms with van der Waals surface area (Å²) in [6, 6.07) is 12.7. The first-order valence-corrected chi connectivity index (χ1v) is 8.83. The Bertz CT molecular complexity index is 612. The van der Waals surface area contributed by atoms with Crippen LogP contribution in [0.5, 0.6) is 0 Å². The maximum atomic E-state index is 12.1. The lowest BCUT2D eigenvalue weighted by atomic mass is 10.0. The molecule has 1 aromatic carbocycles. The molecule has 0 aliphatic carbocycles. The molecule has 128 valence electrons. The highest BCUT2D eigenvalue weighted by Gasteiger charge is 2.21. The van der Waals surface area contributed by atoms with Gasteiger partial charge in [-0.2, -0.15) is 5.10 Å². The van der Waals surface area contributed by atoms with Crippen molar-refractivity contribution in [1.82, 2.24) is 20.0 Å². The summed E-state index contributed by atoms with van der Waals surface area (Å²) in [6.45, 7) is 3.50. The van der Waals surface area contributed by atoms with E-state index in [1.54, 1.807) is 10.9 Å². The molecule has 1 amide bonds. The van der Waals surface area contributed by atoms with Crippen LogP contribution in [-0.2, 0) is 17.8 Å². The molecule has 1 aromatic heterocycles. The fraction of sp³-hybridized carbons (Fsp3) is 0.474. The summed E-state index contributed by atoms with van der Waals surface area (Å²) < 4.78 is 1.66. The Morgan fingerprint density at radius 3 is 2.92 bits per heavy atom. The number of nitrogens with zero attached hydrogens (tertiary/aromatic N) is 3. The lowest BCUT2D eigenvalue weighted by Crippen LogP contribution is -2.48. The van der Waals surface area contributed by atoms with Crippen molar-refractivity contribution >= 4 is 5.91 Å². The van der Waals surface area contributed by atoms with Crippen LogP contribution < -0.4 is 5.32 Å². The number of hydrogen-bond donors (Lipinski definition) is 1. The fourth-order valence-corrected chi connectivity index (χ4v) is 3.34. The first kappa shape index (κ1) is 16.7. The summed E-state index contributed by atoms with van der Waals surface area (Å²) in [5.74, 6) is 0.0508. The highest BCUT2D eigenvalue weighted by atomic mass is 16.2. The van der Waals surface area contributed by atoms with Gasteiger partial charge >= 0.3 is 0 Å². The Morgan fingerprint density at radius 2 is 2.12 bits per heavy atom. The van der Waals surface area contributed by atoms with Crippen LogP contribution >= 0.6 is 0 Å². The average Bonchev–Trinajstić information content (AvgIpc) is 3.09. The second-order valence-electron chi connectivity index (χ2n) is 6.50. The van der Waals surface area contributed by atoms with Crippen LogP contribution in [0.15, 0.2) is 48.8 Å². The quantitative estimate of drug-likeness (QED) is 0.848. The number of aryl methyl sites for hydroxylation is 1. The topological polar surface area (TPSA) is 50.2 Å². The van der Waals surface area contributed by atoms with Crippen molar-refractivity contribution in [3.05, 3.63) is 54.4 Å². The van der Waals surface area contributed by atoms with Gasteiger partial charge in [0.05, 0.1) is 0 Å². The lowest BCUT2D eigenvalue weighted by Gasteiger charge is -2.33. The van der Waals surface area contributed by atoms with Gasteiger partial charge in [-0.15, -0.1) is 0 Å². The Morgan fingerprint density at radius 1 is 1.25 bits per heavy atom. The van der Waals surface area contributed by atoms with E-state index in [1.807, 2.05) is 12.3 Å². The molecule has 1 N–H and O–H groups in total. The first-order chi connectivity index (χ1) is 11.8. The minimum Gasteiger partial charge on any atom is -0.350 e.